The molecule has 0 amide bonds. The third-order valence-electron chi connectivity index (χ3n) is 4.35. The molecule has 1 fully saturated rings. The molecule has 3 rings (SSSR count). The van der Waals surface area contributed by atoms with Gasteiger partial charge in [0, 0.05) is 18.5 Å². The van der Waals surface area contributed by atoms with E-state index in [1.54, 1.807) is 7.11 Å². The maximum absolute atomic E-state index is 5.27. The van der Waals surface area contributed by atoms with Crippen LogP contribution in [0.5, 0.6) is 5.75 Å². The summed E-state index contributed by atoms with van der Waals surface area (Å²) < 4.78 is 7.44. The van der Waals surface area contributed by atoms with Gasteiger partial charge < -0.3 is 10.1 Å². The fourth-order valence-corrected chi connectivity index (χ4v) is 2.89. The number of aromatic nitrogens is 2. The molecule has 4 nitrogen and oxygen atoms in total. The summed E-state index contributed by atoms with van der Waals surface area (Å²) in [7, 11) is 1.71. The van der Waals surface area contributed by atoms with E-state index >= 15 is 0 Å². The Balaban J connectivity index is 0.00000208. The number of rotatable bonds is 8. The van der Waals surface area contributed by atoms with E-state index in [-0.39, 0.29) is 12.4 Å². The van der Waals surface area contributed by atoms with Crippen molar-refractivity contribution in [3.63, 3.8) is 0 Å². The highest BCUT2D eigenvalue weighted by Gasteiger charge is 2.27. The molecule has 132 valence electrons. The van der Waals surface area contributed by atoms with Crippen molar-refractivity contribution >= 4 is 12.4 Å². The summed E-state index contributed by atoms with van der Waals surface area (Å²) in [5.41, 5.74) is 3.88. The minimum Gasteiger partial charge on any atom is -0.497 e. The lowest BCUT2D eigenvalue weighted by Crippen LogP contribution is -2.20. The number of nitrogens with one attached hydrogen (secondary N) is 1. The molecule has 0 unspecified atom stereocenters. The number of halogens is 1. The first-order valence-corrected chi connectivity index (χ1v) is 8.59. The van der Waals surface area contributed by atoms with Crippen LogP contribution in [0.3, 0.4) is 0 Å². The van der Waals surface area contributed by atoms with Crippen molar-refractivity contribution < 1.29 is 4.74 Å². The molecule has 1 aliphatic carbocycles. The zero-order chi connectivity index (χ0) is 16.2. The molecule has 0 aliphatic heterocycles. The Morgan fingerprint density at radius 3 is 2.75 bits per heavy atom. The second kappa shape index (κ2) is 8.54. The summed E-state index contributed by atoms with van der Waals surface area (Å²) >= 11 is 0. The van der Waals surface area contributed by atoms with Gasteiger partial charge in [-0.3, -0.25) is 4.68 Å². The second-order valence-electron chi connectivity index (χ2n) is 6.65. The summed E-state index contributed by atoms with van der Waals surface area (Å²) in [6.45, 7) is 6.23. The maximum Gasteiger partial charge on any atom is 0.119 e. The summed E-state index contributed by atoms with van der Waals surface area (Å²) in [4.78, 5) is 0. The third kappa shape index (κ3) is 4.74. The summed E-state index contributed by atoms with van der Waals surface area (Å²) in [5.74, 6) is 1.64. The van der Waals surface area contributed by atoms with E-state index < -0.39 is 0 Å². The Kier molecular flexibility index (Phi) is 6.69. The lowest BCUT2D eigenvalue weighted by Gasteiger charge is -2.11. The molecular formula is C19H28ClN3O. The van der Waals surface area contributed by atoms with Gasteiger partial charge in [-0.2, -0.15) is 5.10 Å². The zero-order valence-electron chi connectivity index (χ0n) is 14.8. The lowest BCUT2D eigenvalue weighted by molar-refractivity contribution is 0.414. The Morgan fingerprint density at radius 2 is 2.08 bits per heavy atom. The van der Waals surface area contributed by atoms with Crippen molar-refractivity contribution in [3.05, 3.63) is 47.3 Å². The number of nitrogens with zero attached hydrogens (tertiary/aromatic N) is 2. The van der Waals surface area contributed by atoms with Gasteiger partial charge in [0.1, 0.15) is 5.75 Å². The smallest absolute Gasteiger partial charge is 0.119 e. The normalized spacial score (nSPS) is 13.8. The zero-order valence-corrected chi connectivity index (χ0v) is 15.6. The monoisotopic (exact) mass is 349 g/mol. The molecule has 0 bridgehead atoms. The molecule has 0 atom stereocenters. The molecule has 0 saturated heterocycles. The van der Waals surface area contributed by atoms with Crippen LogP contribution in [-0.2, 0) is 13.0 Å². The van der Waals surface area contributed by atoms with Gasteiger partial charge >= 0.3 is 0 Å². The van der Waals surface area contributed by atoms with Crippen LogP contribution in [0.4, 0.5) is 0 Å². The van der Waals surface area contributed by atoms with Crippen molar-refractivity contribution in [1.29, 1.82) is 0 Å². The first kappa shape index (κ1) is 18.8. The van der Waals surface area contributed by atoms with Crippen molar-refractivity contribution in [1.82, 2.24) is 15.1 Å². The molecule has 5 heteroatoms. The van der Waals surface area contributed by atoms with Gasteiger partial charge in [0.15, 0.2) is 0 Å². The molecule has 24 heavy (non-hydrogen) atoms. The second-order valence-corrected chi connectivity index (χ2v) is 6.65. The van der Waals surface area contributed by atoms with Gasteiger partial charge in [-0.25, -0.2) is 0 Å². The molecular weight excluding hydrogens is 322 g/mol. The van der Waals surface area contributed by atoms with Crippen LogP contribution in [0.1, 0.15) is 55.6 Å². The number of ether oxygens (including phenoxy) is 1. The van der Waals surface area contributed by atoms with Crippen molar-refractivity contribution in [2.45, 2.75) is 51.6 Å². The van der Waals surface area contributed by atoms with Crippen LogP contribution in [0.2, 0.25) is 0 Å². The summed E-state index contributed by atoms with van der Waals surface area (Å²) in [5, 5.41) is 8.35. The first-order valence-electron chi connectivity index (χ1n) is 8.59. The Bertz CT molecular complexity index is 650. The Hall–Kier alpha value is -1.52. The van der Waals surface area contributed by atoms with E-state index in [4.69, 9.17) is 9.84 Å². The highest BCUT2D eigenvalue weighted by atomic mass is 35.5. The molecule has 1 saturated carbocycles. The summed E-state index contributed by atoms with van der Waals surface area (Å²) in [6, 6.07) is 11.0. The molecule has 1 aliphatic rings. The van der Waals surface area contributed by atoms with Gasteiger partial charge in [-0.05, 0) is 63.4 Å². The third-order valence-corrected chi connectivity index (χ3v) is 4.35. The van der Waals surface area contributed by atoms with Crippen molar-refractivity contribution in [3.8, 4) is 5.75 Å². The van der Waals surface area contributed by atoms with Gasteiger partial charge in [-0.1, -0.05) is 12.1 Å². The van der Waals surface area contributed by atoms with Crippen LogP contribution in [0.25, 0.3) is 0 Å². The molecule has 0 spiro atoms. The Labute approximate surface area is 151 Å². The predicted octanol–water partition coefficient (Wildman–Crippen LogP) is 4.10. The predicted molar refractivity (Wildman–Crippen MR) is 100 cm³/mol. The molecule has 2 aromatic rings. The Morgan fingerprint density at radius 1 is 1.29 bits per heavy atom. The van der Waals surface area contributed by atoms with Gasteiger partial charge in [0.05, 0.1) is 18.5 Å². The van der Waals surface area contributed by atoms with Gasteiger partial charge in [-0.15, -0.1) is 12.4 Å². The standard InChI is InChI=1S/C19H27N3O.ClH/c1-14(2)22-17(12-19(21-22)16-7-8-16)13-20-10-9-15-5-4-6-18(11-15)23-3;/h4-6,11-12,14,16,20H,7-10,13H2,1-3H3;1H. The molecule has 0 radical (unpaired) electrons. The largest absolute Gasteiger partial charge is 0.497 e. The quantitative estimate of drug-likeness (QED) is 0.729. The van der Waals surface area contributed by atoms with E-state index in [0.29, 0.717) is 12.0 Å². The minimum absolute atomic E-state index is 0. The van der Waals surface area contributed by atoms with E-state index in [1.165, 1.54) is 29.8 Å². The van der Waals surface area contributed by atoms with Crippen LogP contribution >= 0.6 is 12.4 Å². The van der Waals surface area contributed by atoms with Crippen LogP contribution in [0.15, 0.2) is 30.3 Å². The fourth-order valence-electron chi connectivity index (χ4n) is 2.89. The molecule has 1 heterocycles. The average Bonchev–Trinajstić information content (AvgIpc) is 3.32. The highest BCUT2D eigenvalue weighted by molar-refractivity contribution is 5.85. The fraction of sp³-hybridized carbons (Fsp3) is 0.526. The van der Waals surface area contributed by atoms with Gasteiger partial charge in [0.2, 0.25) is 0 Å². The van der Waals surface area contributed by atoms with E-state index in [2.05, 4.69) is 42.0 Å². The van der Waals surface area contributed by atoms with Crippen molar-refractivity contribution in [2.75, 3.05) is 13.7 Å². The van der Waals surface area contributed by atoms with E-state index in [0.717, 1.165) is 25.3 Å². The first-order chi connectivity index (χ1) is 11.2. The lowest BCUT2D eigenvalue weighted by atomic mass is 10.1. The maximum atomic E-state index is 5.27. The molecule has 1 N–H and O–H groups in total. The van der Waals surface area contributed by atoms with Crippen LogP contribution in [-0.4, -0.2) is 23.4 Å². The van der Waals surface area contributed by atoms with E-state index in [1.807, 2.05) is 12.1 Å². The number of benzene rings is 1. The van der Waals surface area contributed by atoms with Crippen molar-refractivity contribution in [2.24, 2.45) is 0 Å². The average molecular weight is 350 g/mol. The van der Waals surface area contributed by atoms with Crippen LogP contribution in [0, 0.1) is 0 Å². The van der Waals surface area contributed by atoms with Crippen LogP contribution < -0.4 is 10.1 Å². The number of hydrogen-bond donors (Lipinski definition) is 1. The van der Waals surface area contributed by atoms with E-state index in [9.17, 15) is 0 Å². The SMILES string of the molecule is COc1cccc(CCNCc2cc(C3CC3)nn2C(C)C)c1.Cl. The minimum atomic E-state index is 0. The number of hydrogen-bond acceptors (Lipinski definition) is 3. The molecule has 1 aromatic heterocycles. The molecule has 1 aromatic carbocycles. The van der Waals surface area contributed by atoms with Gasteiger partial charge in [0.25, 0.3) is 0 Å². The number of methoxy groups -OCH3 is 1. The highest BCUT2D eigenvalue weighted by Crippen LogP contribution is 2.39. The topological polar surface area (TPSA) is 39.1 Å². The summed E-state index contributed by atoms with van der Waals surface area (Å²) in [6.07, 6.45) is 3.61.